The van der Waals surface area contributed by atoms with E-state index < -0.39 is 23.5 Å². The Labute approximate surface area is 269 Å². The molecule has 0 aliphatic carbocycles. The molecule has 0 atom stereocenters. The summed E-state index contributed by atoms with van der Waals surface area (Å²) in [6.45, 7) is 0. The highest BCUT2D eigenvalue weighted by Crippen LogP contribution is 2.29. The number of nitrogens with zero attached hydrogens (tertiary/aromatic N) is 6. The number of carbonyl (C=O) groups excluding carboxylic acids is 1. The second-order valence-electron chi connectivity index (χ2n) is 10.4. The molecule has 5 N–H and O–H groups in total. The van der Waals surface area contributed by atoms with E-state index in [-0.39, 0.29) is 16.9 Å². The molecular weight excluding hydrogens is 620 g/mol. The van der Waals surface area contributed by atoms with Crippen molar-refractivity contribution in [1.82, 2.24) is 28.7 Å². The van der Waals surface area contributed by atoms with Crippen LogP contribution in [0.5, 0.6) is 0 Å². The molecular formula is C34H23F2N9O3. The van der Waals surface area contributed by atoms with Crippen LogP contribution in [0.4, 0.5) is 31.8 Å². The number of carboxylic acids is 1. The van der Waals surface area contributed by atoms with Gasteiger partial charge in [0.05, 0.1) is 58.6 Å². The number of hydrogen-bond donors (Lipinski definition) is 4. The monoisotopic (exact) mass is 643 g/mol. The third-order valence-electron chi connectivity index (χ3n) is 7.51. The van der Waals surface area contributed by atoms with Crippen LogP contribution in [0, 0.1) is 11.6 Å². The second kappa shape index (κ2) is 12.1. The third kappa shape index (κ3) is 5.32. The molecule has 14 heteroatoms. The summed E-state index contributed by atoms with van der Waals surface area (Å²) >= 11 is 0. The van der Waals surface area contributed by atoms with E-state index in [4.69, 9.17) is 5.73 Å². The number of carboxylic acid groups (broad SMARTS) is 1. The Hall–Kier alpha value is -6.96. The molecule has 0 saturated carbocycles. The lowest BCUT2D eigenvalue weighted by molar-refractivity contribution is 0.0698. The maximum absolute atomic E-state index is 13.9. The zero-order chi connectivity index (χ0) is 33.4. The number of carbonyl (C=O) groups is 2. The molecule has 0 spiro atoms. The minimum Gasteiger partial charge on any atom is -0.478 e. The number of aromatic nitrogens is 6. The van der Waals surface area contributed by atoms with Gasteiger partial charge in [0.1, 0.15) is 33.7 Å². The predicted octanol–water partition coefficient (Wildman–Crippen LogP) is 6.33. The van der Waals surface area contributed by atoms with Crippen LogP contribution in [0.25, 0.3) is 33.1 Å². The number of rotatable bonds is 6. The molecule has 48 heavy (non-hydrogen) atoms. The fourth-order valence-corrected chi connectivity index (χ4v) is 5.28. The molecule has 0 bridgehead atoms. The number of fused-ring (bicyclic) bond motifs is 6. The van der Waals surface area contributed by atoms with Crippen LogP contribution >= 0.6 is 0 Å². The van der Waals surface area contributed by atoms with Crippen molar-refractivity contribution >= 4 is 68.0 Å². The van der Waals surface area contributed by atoms with E-state index in [0.717, 1.165) is 0 Å². The molecule has 4 heterocycles. The number of amides is 1. The van der Waals surface area contributed by atoms with E-state index in [1.54, 1.807) is 94.5 Å². The molecule has 8 rings (SSSR count). The van der Waals surface area contributed by atoms with Gasteiger partial charge in [0.25, 0.3) is 5.91 Å². The molecule has 4 aromatic heterocycles. The van der Waals surface area contributed by atoms with Crippen molar-refractivity contribution < 1.29 is 23.5 Å². The molecule has 0 aliphatic rings. The van der Waals surface area contributed by atoms with Gasteiger partial charge in [0.2, 0.25) is 0 Å². The molecule has 0 fully saturated rings. The first kappa shape index (κ1) is 29.7. The van der Waals surface area contributed by atoms with Gasteiger partial charge in [-0.2, -0.15) is 0 Å². The Kier molecular flexibility index (Phi) is 7.49. The molecule has 236 valence electrons. The van der Waals surface area contributed by atoms with Crippen molar-refractivity contribution in [2.75, 3.05) is 10.6 Å². The minimum atomic E-state index is -1.08. The normalized spacial score (nSPS) is 11.0. The lowest BCUT2D eigenvalue weighted by atomic mass is 10.1. The van der Waals surface area contributed by atoms with Crippen LogP contribution in [0.1, 0.15) is 20.7 Å². The first-order valence-corrected chi connectivity index (χ1v) is 14.4. The molecule has 0 aliphatic heterocycles. The summed E-state index contributed by atoms with van der Waals surface area (Å²) in [5.74, 6) is -1.77. The number of anilines is 4. The van der Waals surface area contributed by atoms with Gasteiger partial charge in [-0.25, -0.2) is 33.5 Å². The lowest BCUT2D eigenvalue weighted by Crippen LogP contribution is -2.13. The molecule has 0 radical (unpaired) electrons. The van der Waals surface area contributed by atoms with Gasteiger partial charge in [0, 0.05) is 0 Å². The van der Waals surface area contributed by atoms with Gasteiger partial charge in [0.15, 0.2) is 11.6 Å². The fourth-order valence-electron chi connectivity index (χ4n) is 5.28. The van der Waals surface area contributed by atoms with Crippen molar-refractivity contribution in [2.45, 2.75) is 0 Å². The number of nitrogens with two attached hydrogens (primary N) is 1. The number of para-hydroxylation sites is 4. The Bertz CT molecular complexity index is 2360. The SMILES string of the molecule is NC(=O)c1cccc2c1nc(Nc1ccccc1F)c1cncn12.O=C(O)c1cccc2c1nc(Nc1ccccc1F)c1cncn12. The summed E-state index contributed by atoms with van der Waals surface area (Å²) in [5.41, 5.74) is 9.64. The lowest BCUT2D eigenvalue weighted by Gasteiger charge is -2.12. The van der Waals surface area contributed by atoms with Crippen molar-refractivity contribution in [3.63, 3.8) is 0 Å². The summed E-state index contributed by atoms with van der Waals surface area (Å²) in [6, 6.07) is 22.5. The maximum atomic E-state index is 13.9. The zero-order valence-corrected chi connectivity index (χ0v) is 24.7. The molecule has 12 nitrogen and oxygen atoms in total. The van der Waals surface area contributed by atoms with Crippen molar-refractivity contribution in [2.24, 2.45) is 5.73 Å². The van der Waals surface area contributed by atoms with Gasteiger partial charge in [-0.3, -0.25) is 13.6 Å². The minimum absolute atomic E-state index is 0.0692. The molecule has 0 saturated heterocycles. The topological polar surface area (TPSA) is 165 Å². The van der Waals surface area contributed by atoms with E-state index in [1.807, 2.05) is 6.07 Å². The summed E-state index contributed by atoms with van der Waals surface area (Å²) in [7, 11) is 0. The van der Waals surface area contributed by atoms with E-state index >= 15 is 0 Å². The Morgan fingerprint density at radius 3 is 1.54 bits per heavy atom. The fraction of sp³-hybridized carbons (Fsp3) is 0. The van der Waals surface area contributed by atoms with Crippen molar-refractivity contribution in [3.05, 3.63) is 133 Å². The van der Waals surface area contributed by atoms with Gasteiger partial charge < -0.3 is 21.5 Å². The van der Waals surface area contributed by atoms with E-state index in [1.165, 1.54) is 18.2 Å². The second-order valence-corrected chi connectivity index (χ2v) is 10.4. The summed E-state index contributed by atoms with van der Waals surface area (Å²) in [4.78, 5) is 40.3. The highest BCUT2D eigenvalue weighted by atomic mass is 19.1. The average Bonchev–Trinajstić information content (AvgIpc) is 3.78. The molecule has 8 aromatic rings. The highest BCUT2D eigenvalue weighted by molar-refractivity contribution is 6.05. The number of benzene rings is 4. The smallest absolute Gasteiger partial charge is 0.337 e. The zero-order valence-electron chi connectivity index (χ0n) is 24.7. The van der Waals surface area contributed by atoms with E-state index in [0.29, 0.717) is 50.3 Å². The largest absolute Gasteiger partial charge is 0.478 e. The first-order valence-electron chi connectivity index (χ1n) is 14.4. The molecule has 0 unspecified atom stereocenters. The van der Waals surface area contributed by atoms with Crippen molar-refractivity contribution in [3.8, 4) is 0 Å². The maximum Gasteiger partial charge on any atom is 0.337 e. The Morgan fingerprint density at radius 1 is 0.625 bits per heavy atom. The average molecular weight is 644 g/mol. The van der Waals surface area contributed by atoms with Crippen LogP contribution in [-0.2, 0) is 0 Å². The molecule has 4 aromatic carbocycles. The summed E-state index contributed by atoms with van der Waals surface area (Å²) in [5, 5.41) is 15.3. The third-order valence-corrected chi connectivity index (χ3v) is 7.51. The van der Waals surface area contributed by atoms with Gasteiger partial charge in [-0.15, -0.1) is 0 Å². The number of hydrogen-bond acceptors (Lipinski definition) is 8. The number of nitrogens with one attached hydrogen (secondary N) is 2. The van der Waals surface area contributed by atoms with Gasteiger partial charge >= 0.3 is 5.97 Å². The summed E-state index contributed by atoms with van der Waals surface area (Å²) < 4.78 is 31.3. The van der Waals surface area contributed by atoms with E-state index in [9.17, 15) is 23.5 Å². The summed E-state index contributed by atoms with van der Waals surface area (Å²) in [6.07, 6.45) is 6.38. The Balaban J connectivity index is 0.000000152. The highest BCUT2D eigenvalue weighted by Gasteiger charge is 2.17. The standard InChI is InChI=1S/C17H12FN5O.C17H11FN4O2/c18-11-5-1-2-6-12(11)21-17-14-8-20-9-23(14)13-7-3-4-10(16(19)24)15(13)22-17;18-11-5-1-2-6-12(11)20-16-14-8-19-9-22(14)13-7-3-4-10(17(23)24)15(13)21-16/h1-9H,(H2,19,24)(H,21,22);1-9H,(H,20,21)(H,23,24). The quantitative estimate of drug-likeness (QED) is 0.162. The van der Waals surface area contributed by atoms with Crippen LogP contribution < -0.4 is 16.4 Å². The van der Waals surface area contributed by atoms with Gasteiger partial charge in [-0.1, -0.05) is 36.4 Å². The number of aromatic carboxylic acids is 1. The van der Waals surface area contributed by atoms with E-state index in [2.05, 4.69) is 30.6 Å². The Morgan fingerprint density at radius 2 is 1.08 bits per heavy atom. The van der Waals surface area contributed by atoms with Crippen LogP contribution in [0.2, 0.25) is 0 Å². The first-order chi connectivity index (χ1) is 23.3. The predicted molar refractivity (Wildman–Crippen MR) is 176 cm³/mol. The van der Waals surface area contributed by atoms with Crippen LogP contribution in [0.15, 0.2) is 110 Å². The van der Waals surface area contributed by atoms with Crippen molar-refractivity contribution in [1.29, 1.82) is 0 Å². The molecule has 1 amide bonds. The number of imidazole rings is 2. The number of halogens is 2. The van der Waals surface area contributed by atoms with Crippen LogP contribution in [-0.4, -0.2) is 45.7 Å². The van der Waals surface area contributed by atoms with Gasteiger partial charge in [-0.05, 0) is 48.5 Å². The van der Waals surface area contributed by atoms with Crippen LogP contribution in [0.3, 0.4) is 0 Å². The number of primary amides is 1.